The van der Waals surface area contributed by atoms with Crippen LogP contribution in [-0.4, -0.2) is 34.2 Å². The van der Waals surface area contributed by atoms with Crippen molar-refractivity contribution >= 4 is 26.8 Å². The maximum Gasteiger partial charge on any atom is 0.261 e. The molecule has 1 aliphatic heterocycles. The van der Waals surface area contributed by atoms with Gasteiger partial charge in [0.15, 0.2) is 0 Å². The van der Waals surface area contributed by atoms with Crippen LogP contribution >= 0.6 is 15.9 Å². The summed E-state index contributed by atoms with van der Waals surface area (Å²) in [5.41, 5.74) is 4.57. The van der Waals surface area contributed by atoms with Crippen molar-refractivity contribution in [2.24, 2.45) is 0 Å². The van der Waals surface area contributed by atoms with E-state index in [0.29, 0.717) is 23.3 Å². The Morgan fingerprint density at radius 1 is 1.20 bits per heavy atom. The molecular weight excluding hydrogens is 444 g/mol. The molecule has 1 aliphatic carbocycles. The lowest BCUT2D eigenvalue weighted by atomic mass is 10.1. The van der Waals surface area contributed by atoms with E-state index in [1.54, 1.807) is 10.9 Å². The zero-order valence-corrected chi connectivity index (χ0v) is 18.0. The minimum Gasteiger partial charge on any atom is -0.327 e. The summed E-state index contributed by atoms with van der Waals surface area (Å²) in [5, 5.41) is 6.17. The summed E-state index contributed by atoms with van der Waals surface area (Å²) >= 11 is 3.41. The van der Waals surface area contributed by atoms with Crippen molar-refractivity contribution in [1.82, 2.24) is 28.9 Å². The van der Waals surface area contributed by atoms with Crippen LogP contribution in [0, 0.1) is 0 Å². The van der Waals surface area contributed by atoms with Gasteiger partial charge in [-0.15, -0.1) is 0 Å². The van der Waals surface area contributed by atoms with Crippen molar-refractivity contribution in [1.29, 1.82) is 0 Å². The van der Waals surface area contributed by atoms with E-state index in [0.717, 1.165) is 53.4 Å². The summed E-state index contributed by atoms with van der Waals surface area (Å²) < 4.78 is 6.01. The number of benzene rings is 1. The first-order chi connectivity index (χ1) is 14.7. The lowest BCUT2D eigenvalue weighted by molar-refractivity contribution is 0.643. The molecule has 7 nitrogen and oxygen atoms in total. The highest BCUT2D eigenvalue weighted by atomic mass is 79.9. The molecule has 0 bridgehead atoms. The summed E-state index contributed by atoms with van der Waals surface area (Å²) in [6.45, 7) is 1.54. The Hall–Kier alpha value is -2.74. The normalized spacial score (nSPS) is 15.8. The van der Waals surface area contributed by atoms with Crippen LogP contribution in [0.2, 0.25) is 0 Å². The quantitative estimate of drug-likeness (QED) is 0.421. The topological polar surface area (TPSA) is 70.5 Å². The predicted octanol–water partition coefficient (Wildman–Crippen LogP) is 3.80. The number of aromatic nitrogens is 6. The molecular formula is C22H21BrN6O. The Kier molecular flexibility index (Phi) is 4.16. The molecule has 0 N–H and O–H groups in total. The number of aryl methyl sites for hydroxylation is 2. The van der Waals surface area contributed by atoms with Gasteiger partial charge in [0.05, 0.1) is 29.0 Å². The van der Waals surface area contributed by atoms with Crippen LogP contribution < -0.4 is 5.56 Å². The highest BCUT2D eigenvalue weighted by molar-refractivity contribution is 9.09. The average Bonchev–Trinajstić information content (AvgIpc) is 3.16. The Morgan fingerprint density at radius 2 is 2.10 bits per heavy atom. The number of alkyl halides is 1. The number of imidazole rings is 1. The highest BCUT2D eigenvalue weighted by Crippen LogP contribution is 2.38. The van der Waals surface area contributed by atoms with E-state index in [2.05, 4.69) is 42.4 Å². The number of hydrogen-bond donors (Lipinski definition) is 0. The Morgan fingerprint density at radius 3 is 2.93 bits per heavy atom. The van der Waals surface area contributed by atoms with Gasteiger partial charge in [0, 0.05) is 36.6 Å². The van der Waals surface area contributed by atoms with E-state index in [-0.39, 0.29) is 5.56 Å². The smallest absolute Gasteiger partial charge is 0.261 e. The maximum atomic E-state index is 13.0. The van der Waals surface area contributed by atoms with Crippen molar-refractivity contribution < 1.29 is 0 Å². The molecule has 0 unspecified atom stereocenters. The van der Waals surface area contributed by atoms with Gasteiger partial charge in [-0.2, -0.15) is 5.10 Å². The van der Waals surface area contributed by atoms with Crippen molar-refractivity contribution in [3.8, 4) is 22.6 Å². The highest BCUT2D eigenvalue weighted by Gasteiger charge is 2.28. The third-order valence-electron chi connectivity index (χ3n) is 6.02. The molecule has 0 amide bonds. The van der Waals surface area contributed by atoms with Crippen LogP contribution in [0.5, 0.6) is 0 Å². The average molecular weight is 465 g/mol. The van der Waals surface area contributed by atoms with Crippen LogP contribution in [-0.2, 0) is 19.5 Å². The van der Waals surface area contributed by atoms with Gasteiger partial charge in [-0.25, -0.2) is 9.97 Å². The Labute approximate surface area is 181 Å². The third-order valence-corrected chi connectivity index (χ3v) is 6.38. The number of nitrogens with zero attached hydrogens (tertiary/aromatic N) is 6. The molecule has 152 valence electrons. The Balaban J connectivity index is 1.53. The summed E-state index contributed by atoms with van der Waals surface area (Å²) in [7, 11) is 0. The van der Waals surface area contributed by atoms with Crippen LogP contribution in [0.1, 0.15) is 31.1 Å². The first-order valence-corrected chi connectivity index (χ1v) is 11.6. The number of rotatable bonds is 5. The second-order valence-corrected chi connectivity index (χ2v) is 8.85. The van der Waals surface area contributed by atoms with Crippen LogP contribution in [0.15, 0.2) is 41.6 Å². The molecule has 30 heavy (non-hydrogen) atoms. The van der Waals surface area contributed by atoms with Gasteiger partial charge in [-0.05, 0) is 37.5 Å². The van der Waals surface area contributed by atoms with Gasteiger partial charge in [0.2, 0.25) is 0 Å². The minimum atomic E-state index is -0.0120. The van der Waals surface area contributed by atoms with Gasteiger partial charge in [-0.3, -0.25) is 14.0 Å². The second kappa shape index (κ2) is 6.91. The molecule has 0 spiro atoms. The van der Waals surface area contributed by atoms with Crippen LogP contribution in [0.25, 0.3) is 33.5 Å². The SMILES string of the molecule is O=c1c2cc(-c3c(-c4ccn(C5CC5)n4)nc4n3CCC4)ccc2ncn1CCBr. The van der Waals surface area contributed by atoms with Gasteiger partial charge in [-0.1, -0.05) is 22.0 Å². The summed E-state index contributed by atoms with van der Waals surface area (Å²) in [4.78, 5) is 22.4. The van der Waals surface area contributed by atoms with Gasteiger partial charge < -0.3 is 4.57 Å². The van der Waals surface area contributed by atoms with Crippen molar-refractivity contribution in [3.05, 3.63) is 53.0 Å². The monoisotopic (exact) mass is 464 g/mol. The first-order valence-electron chi connectivity index (χ1n) is 10.4. The predicted molar refractivity (Wildman–Crippen MR) is 119 cm³/mol. The molecule has 0 saturated heterocycles. The molecule has 0 atom stereocenters. The molecule has 1 fully saturated rings. The third kappa shape index (κ3) is 2.85. The standard InChI is InChI=1S/C22H21BrN6O/c23-8-11-27-13-24-17-6-3-14(12-16(17)22(27)30)21-20(25-19-2-1-9-28(19)21)18-7-10-29(26-18)15-4-5-15/h3,6-7,10,12-13,15H,1-2,4-5,8-9,11H2. The van der Waals surface area contributed by atoms with Crippen LogP contribution in [0.4, 0.5) is 0 Å². The lowest BCUT2D eigenvalue weighted by Gasteiger charge is -2.10. The molecule has 8 heteroatoms. The molecule has 3 aromatic heterocycles. The van der Waals surface area contributed by atoms with Crippen molar-refractivity contribution in [3.63, 3.8) is 0 Å². The fourth-order valence-electron chi connectivity index (χ4n) is 4.36. The molecule has 4 heterocycles. The van der Waals surface area contributed by atoms with Gasteiger partial charge >= 0.3 is 0 Å². The fraction of sp³-hybridized carbons (Fsp3) is 0.364. The van der Waals surface area contributed by atoms with Gasteiger partial charge in [0.1, 0.15) is 17.2 Å². The molecule has 6 rings (SSSR count). The summed E-state index contributed by atoms with van der Waals surface area (Å²) in [6, 6.07) is 8.56. The van der Waals surface area contributed by atoms with E-state index in [4.69, 9.17) is 10.1 Å². The number of halogens is 1. The fourth-order valence-corrected chi connectivity index (χ4v) is 4.74. The zero-order valence-electron chi connectivity index (χ0n) is 16.5. The molecule has 2 aliphatic rings. The molecule has 1 saturated carbocycles. The second-order valence-electron chi connectivity index (χ2n) is 8.06. The zero-order chi connectivity index (χ0) is 20.2. The van der Waals surface area contributed by atoms with Gasteiger partial charge in [0.25, 0.3) is 5.56 Å². The van der Waals surface area contributed by atoms with Crippen molar-refractivity contribution in [2.45, 2.75) is 44.8 Å². The van der Waals surface area contributed by atoms with E-state index in [9.17, 15) is 4.79 Å². The first kappa shape index (κ1) is 18.1. The van der Waals surface area contributed by atoms with Crippen LogP contribution in [0.3, 0.4) is 0 Å². The number of hydrogen-bond acceptors (Lipinski definition) is 4. The number of fused-ring (bicyclic) bond motifs is 2. The van der Waals surface area contributed by atoms with E-state index >= 15 is 0 Å². The van der Waals surface area contributed by atoms with E-state index in [1.807, 2.05) is 18.2 Å². The molecule has 0 radical (unpaired) electrons. The lowest BCUT2D eigenvalue weighted by Crippen LogP contribution is -2.21. The van der Waals surface area contributed by atoms with Crippen molar-refractivity contribution in [2.75, 3.05) is 5.33 Å². The maximum absolute atomic E-state index is 13.0. The van der Waals surface area contributed by atoms with E-state index in [1.165, 1.54) is 12.8 Å². The van der Waals surface area contributed by atoms with E-state index < -0.39 is 0 Å². The minimum absolute atomic E-state index is 0.0120. The molecule has 4 aromatic rings. The molecule has 1 aromatic carbocycles. The largest absolute Gasteiger partial charge is 0.327 e. The Bertz CT molecular complexity index is 1330. The summed E-state index contributed by atoms with van der Waals surface area (Å²) in [5.74, 6) is 1.10. The summed E-state index contributed by atoms with van der Waals surface area (Å²) in [6.07, 6.45) is 8.16.